The fourth-order valence-electron chi connectivity index (χ4n) is 5.59. The van der Waals surface area contributed by atoms with Crippen molar-refractivity contribution in [1.82, 2.24) is 0 Å². The Bertz CT molecular complexity index is 1590. The Morgan fingerprint density at radius 2 is 0.525 bits per heavy atom. The van der Waals surface area contributed by atoms with Gasteiger partial charge in [0.05, 0.1) is 0 Å². The van der Waals surface area contributed by atoms with Crippen molar-refractivity contribution < 1.29 is 21.1 Å². The van der Waals surface area contributed by atoms with Crippen molar-refractivity contribution in [3.05, 3.63) is 143 Å². The Labute approximate surface area is 381 Å². The molecular formula is C56H74P2Pt. The molecule has 0 radical (unpaired) electrons. The van der Waals surface area contributed by atoms with Gasteiger partial charge in [0.25, 0.3) is 0 Å². The van der Waals surface area contributed by atoms with Gasteiger partial charge in [-0.15, -0.1) is 28.7 Å². The number of terminal acetylenes is 2. The van der Waals surface area contributed by atoms with Gasteiger partial charge < -0.3 is 0 Å². The van der Waals surface area contributed by atoms with Crippen LogP contribution in [0.5, 0.6) is 0 Å². The summed E-state index contributed by atoms with van der Waals surface area (Å²) >= 11 is 0. The first-order valence-electron chi connectivity index (χ1n) is 22.2. The summed E-state index contributed by atoms with van der Waals surface area (Å²) in [5, 5.41) is 0. The Morgan fingerprint density at radius 3 is 0.729 bits per heavy atom. The largest absolute Gasteiger partial charge is 0.115 e. The maximum Gasteiger partial charge on any atom is 0.0249 e. The van der Waals surface area contributed by atoms with E-state index < -0.39 is 0 Å². The monoisotopic (exact) mass is 1000 g/mol. The molecule has 0 bridgehead atoms. The van der Waals surface area contributed by atoms with Gasteiger partial charge >= 0.3 is 0 Å². The van der Waals surface area contributed by atoms with E-state index in [1.54, 1.807) is 37.0 Å². The molecule has 0 aliphatic heterocycles. The van der Waals surface area contributed by atoms with E-state index in [9.17, 15) is 0 Å². The molecule has 0 unspecified atom stereocenters. The van der Waals surface area contributed by atoms with E-state index in [1.807, 2.05) is 109 Å². The molecule has 0 N–H and O–H groups in total. The van der Waals surface area contributed by atoms with Crippen LogP contribution in [0.4, 0.5) is 0 Å². The molecule has 0 nitrogen and oxygen atoms in total. The fourth-order valence-corrected chi connectivity index (χ4v) is 11.5. The van der Waals surface area contributed by atoms with Crippen LogP contribution in [-0.2, 0) is 21.1 Å². The number of unbranched alkanes of at least 4 members (excludes halogenated alkanes) is 6. The molecular weight excluding hydrogens is 930 g/mol. The second-order valence-electron chi connectivity index (χ2n) is 14.5. The molecule has 3 heteroatoms. The van der Waals surface area contributed by atoms with Gasteiger partial charge in [0, 0.05) is 54.4 Å². The zero-order valence-corrected chi connectivity index (χ0v) is 41.5. The van der Waals surface area contributed by atoms with Crippen LogP contribution in [-0.4, -0.2) is 37.0 Å². The van der Waals surface area contributed by atoms with Crippen LogP contribution < -0.4 is 0 Å². The van der Waals surface area contributed by atoms with E-state index in [1.165, 1.54) is 77.0 Å². The predicted octanol–water partition coefficient (Wildman–Crippen LogP) is 15.9. The maximum absolute atomic E-state index is 5.28. The number of rotatable bonds is 18. The minimum Gasteiger partial charge on any atom is -0.115 e. The molecule has 0 fully saturated rings. The molecule has 0 amide bonds. The molecule has 0 aliphatic rings. The summed E-state index contributed by atoms with van der Waals surface area (Å²) in [6.07, 6.45) is 37.0. The smallest absolute Gasteiger partial charge is 0.0249 e. The third-order valence-corrected chi connectivity index (χ3v) is 15.0. The zero-order valence-electron chi connectivity index (χ0n) is 37.5. The number of hydrogen-bond donors (Lipinski definition) is 0. The normalized spacial score (nSPS) is 9.59. The van der Waals surface area contributed by atoms with Crippen molar-refractivity contribution in [2.75, 3.05) is 37.0 Å². The molecule has 4 aromatic carbocycles. The zero-order chi connectivity index (χ0) is 42.3. The van der Waals surface area contributed by atoms with E-state index in [0.717, 1.165) is 33.4 Å². The van der Waals surface area contributed by atoms with Crippen LogP contribution >= 0.6 is 15.8 Å². The van der Waals surface area contributed by atoms with Gasteiger partial charge in [-0.05, 0) is 148 Å². The Hall–Kier alpha value is -3.33. The van der Waals surface area contributed by atoms with Gasteiger partial charge in [0.15, 0.2) is 0 Å². The van der Waals surface area contributed by atoms with E-state index in [4.69, 9.17) is 12.8 Å². The first kappa shape index (κ1) is 55.7. The summed E-state index contributed by atoms with van der Waals surface area (Å²) in [7, 11) is 0.843. The minimum absolute atomic E-state index is 0. The molecule has 0 spiro atoms. The summed E-state index contributed by atoms with van der Waals surface area (Å²) in [6.45, 7) is 13.9. The van der Waals surface area contributed by atoms with E-state index >= 15 is 0 Å². The van der Waals surface area contributed by atoms with Gasteiger partial charge in [-0.2, -0.15) is 0 Å². The third-order valence-electron chi connectivity index (χ3n) is 9.32. The molecule has 0 saturated carbocycles. The van der Waals surface area contributed by atoms with Crippen LogP contribution in [0.15, 0.2) is 109 Å². The van der Waals surface area contributed by atoms with Crippen molar-refractivity contribution in [2.45, 2.75) is 119 Å². The van der Waals surface area contributed by atoms with Crippen LogP contribution in [0.3, 0.4) is 0 Å². The summed E-state index contributed by atoms with van der Waals surface area (Å²) in [5.41, 5.74) is 5.74. The van der Waals surface area contributed by atoms with Crippen molar-refractivity contribution in [1.29, 1.82) is 0 Å². The average Bonchev–Trinajstić information content (AvgIpc) is 3.28. The molecule has 59 heavy (non-hydrogen) atoms. The topological polar surface area (TPSA) is 0 Å². The fraction of sp³-hybridized carbons (Fsp3) is 0.429. The van der Waals surface area contributed by atoms with E-state index in [-0.39, 0.29) is 21.1 Å². The summed E-state index contributed by atoms with van der Waals surface area (Å²) in [6, 6.07) is 35.2. The van der Waals surface area contributed by atoms with Crippen molar-refractivity contribution in [3.8, 4) is 48.4 Å². The van der Waals surface area contributed by atoms with Gasteiger partial charge in [0.1, 0.15) is 0 Å². The third kappa shape index (κ3) is 30.4. The van der Waals surface area contributed by atoms with Crippen LogP contribution in [0.25, 0.3) is 0 Å². The van der Waals surface area contributed by atoms with E-state index in [2.05, 4.69) is 77.1 Å². The molecule has 4 rings (SSSR count). The van der Waals surface area contributed by atoms with Gasteiger partial charge in [-0.25, -0.2) is 0 Å². The molecule has 0 heterocycles. The molecule has 0 aromatic heterocycles. The molecule has 0 aliphatic carbocycles. The van der Waals surface area contributed by atoms with Gasteiger partial charge in [-0.1, -0.05) is 152 Å². The number of benzene rings is 4. The SMILES string of the molecule is C#Cc1ccc(C#Cc2ccccc2)cc1.C#Cc1ccc(C#Cc2ccccc2)cc1.CCCCP(CCCC)CCCC.CCCCP(CCCC)CCCC.[Pt]. The molecule has 0 saturated heterocycles. The predicted molar refractivity (Wildman–Crippen MR) is 266 cm³/mol. The van der Waals surface area contributed by atoms with E-state index in [0.29, 0.717) is 15.8 Å². The number of hydrogen-bond acceptors (Lipinski definition) is 0. The maximum atomic E-state index is 5.28. The van der Waals surface area contributed by atoms with Crippen molar-refractivity contribution in [2.24, 2.45) is 0 Å². The molecule has 318 valence electrons. The van der Waals surface area contributed by atoms with Crippen LogP contribution in [0.2, 0.25) is 0 Å². The van der Waals surface area contributed by atoms with Gasteiger partial charge in [0.2, 0.25) is 0 Å². The average molecular weight is 1000 g/mol. The quantitative estimate of drug-likeness (QED) is 0.0688. The van der Waals surface area contributed by atoms with Crippen molar-refractivity contribution >= 4 is 15.8 Å². The standard InChI is InChI=1S/2C16H10.2C12H27P.Pt/c2*1-2-14-8-10-16(11-9-14)13-12-15-6-4-3-5-7-15;2*1-4-7-10-13(11-8-5-2)12-9-6-3;/h2*1,3-11H;2*4-12H2,1-3H3;. The molecule has 4 aromatic rings. The molecule has 0 atom stereocenters. The first-order chi connectivity index (χ1) is 28.5. The van der Waals surface area contributed by atoms with Crippen molar-refractivity contribution in [3.63, 3.8) is 0 Å². The summed E-state index contributed by atoms with van der Waals surface area (Å²) in [5.74, 6) is 17.5. The second-order valence-corrected chi connectivity index (χ2v) is 19.8. The first-order valence-corrected chi connectivity index (χ1v) is 26.0. The van der Waals surface area contributed by atoms with Crippen LogP contribution in [0.1, 0.15) is 152 Å². The van der Waals surface area contributed by atoms with Gasteiger partial charge in [-0.3, -0.25) is 0 Å². The Balaban J connectivity index is 0.000000761. The Morgan fingerprint density at radius 1 is 0.322 bits per heavy atom. The summed E-state index contributed by atoms with van der Waals surface area (Å²) in [4.78, 5) is 0. The van der Waals surface area contributed by atoms with Crippen LogP contribution in [0, 0.1) is 48.4 Å². The second kappa shape index (κ2) is 40.1. The minimum atomic E-state index is 0. The summed E-state index contributed by atoms with van der Waals surface area (Å²) < 4.78 is 0. The Kier molecular flexibility index (Phi) is 37.8.